The highest BCUT2D eigenvalue weighted by molar-refractivity contribution is 5.31. The first kappa shape index (κ1) is 15.8. The molecule has 2 N–H and O–H groups in total. The number of nitrogens with zero attached hydrogens (tertiary/aromatic N) is 2. The molecule has 6 nitrogen and oxygen atoms in total. The first-order valence-electron chi connectivity index (χ1n) is 6.57. The lowest BCUT2D eigenvalue weighted by Crippen LogP contribution is -2.59. The highest BCUT2D eigenvalue weighted by Gasteiger charge is 2.37. The van der Waals surface area contributed by atoms with Crippen LogP contribution in [0.3, 0.4) is 0 Å². The minimum Gasteiger partial charge on any atom is -0.311 e. The van der Waals surface area contributed by atoms with E-state index in [9.17, 15) is 10.1 Å². The predicted octanol–water partition coefficient (Wildman–Crippen LogP) is 0.605. The number of hydrogen-bond acceptors (Lipinski definition) is 5. The molecule has 2 atom stereocenters. The van der Waals surface area contributed by atoms with Crippen molar-refractivity contribution < 1.29 is 4.92 Å². The molecule has 0 amide bonds. The van der Waals surface area contributed by atoms with E-state index >= 15 is 0 Å². The van der Waals surface area contributed by atoms with Crippen molar-refractivity contribution >= 4 is 0 Å². The van der Waals surface area contributed by atoms with Gasteiger partial charge in [-0.1, -0.05) is 13.0 Å². The fourth-order valence-electron chi connectivity index (χ4n) is 2.41. The summed E-state index contributed by atoms with van der Waals surface area (Å²) in [5, 5.41) is 17.5. The zero-order valence-corrected chi connectivity index (χ0v) is 12.1. The molecule has 0 aromatic rings. The maximum absolute atomic E-state index is 10.9. The summed E-state index contributed by atoms with van der Waals surface area (Å²) in [6, 6.07) is -0.0854. The van der Waals surface area contributed by atoms with Crippen LogP contribution in [0.25, 0.3) is 0 Å². The average Bonchev–Trinajstić information content (AvgIpc) is 2.37. The Morgan fingerprint density at radius 3 is 2.68 bits per heavy atom. The summed E-state index contributed by atoms with van der Waals surface area (Å²) >= 11 is 0. The fourth-order valence-corrected chi connectivity index (χ4v) is 2.41. The zero-order valence-electron chi connectivity index (χ0n) is 12.1. The van der Waals surface area contributed by atoms with Crippen molar-refractivity contribution in [2.45, 2.75) is 24.9 Å². The van der Waals surface area contributed by atoms with Crippen LogP contribution in [0.1, 0.15) is 13.3 Å². The Kier molecular flexibility index (Phi) is 5.65. The Hall–Kier alpha value is -1.24. The highest BCUT2D eigenvalue weighted by Crippen LogP contribution is 2.25. The van der Waals surface area contributed by atoms with Gasteiger partial charge in [-0.05, 0) is 40.7 Å². The second-order valence-corrected chi connectivity index (χ2v) is 5.07. The van der Waals surface area contributed by atoms with E-state index in [1.54, 1.807) is 12.2 Å². The van der Waals surface area contributed by atoms with Crippen molar-refractivity contribution in [1.29, 1.82) is 0 Å². The first-order valence-corrected chi connectivity index (χ1v) is 6.57. The Balaban J connectivity index is 2.97. The van der Waals surface area contributed by atoms with Gasteiger partial charge in [-0.25, -0.2) is 0 Å². The fraction of sp³-hybridized carbons (Fsp3) is 0.692. The van der Waals surface area contributed by atoms with Crippen LogP contribution in [0.2, 0.25) is 0 Å². The smallest absolute Gasteiger partial charge is 0.266 e. The third kappa shape index (κ3) is 3.86. The Bertz CT molecular complexity index is 379. The molecule has 0 bridgehead atoms. The van der Waals surface area contributed by atoms with E-state index in [1.807, 2.05) is 34.1 Å². The van der Waals surface area contributed by atoms with Crippen LogP contribution in [-0.4, -0.2) is 55.6 Å². The van der Waals surface area contributed by atoms with E-state index in [0.717, 1.165) is 19.5 Å². The van der Waals surface area contributed by atoms with Gasteiger partial charge in [0.25, 0.3) is 5.70 Å². The lowest BCUT2D eigenvalue weighted by atomic mass is 9.82. The van der Waals surface area contributed by atoms with Gasteiger partial charge in [0.2, 0.25) is 0 Å². The molecule has 0 aromatic carbocycles. The third-order valence-corrected chi connectivity index (χ3v) is 3.44. The van der Waals surface area contributed by atoms with Gasteiger partial charge in [-0.15, -0.1) is 0 Å². The predicted molar refractivity (Wildman–Crippen MR) is 76.6 cm³/mol. The number of rotatable bonds is 7. The SMILES string of the molecule is CCNC1(CCN(C)C)C=CC([N+](=O)[O-])=CC1NC. The van der Waals surface area contributed by atoms with Gasteiger partial charge >= 0.3 is 0 Å². The Labute approximate surface area is 114 Å². The lowest BCUT2D eigenvalue weighted by Gasteiger charge is -2.40. The summed E-state index contributed by atoms with van der Waals surface area (Å²) in [6.07, 6.45) is 6.11. The van der Waals surface area contributed by atoms with E-state index in [2.05, 4.69) is 15.5 Å². The molecule has 1 aliphatic rings. The van der Waals surface area contributed by atoms with Crippen LogP contribution in [0.15, 0.2) is 23.9 Å². The molecule has 1 rings (SSSR count). The van der Waals surface area contributed by atoms with Crippen LogP contribution < -0.4 is 10.6 Å². The summed E-state index contributed by atoms with van der Waals surface area (Å²) in [6.45, 7) is 3.78. The average molecular weight is 268 g/mol. The summed E-state index contributed by atoms with van der Waals surface area (Å²) in [7, 11) is 5.89. The summed E-state index contributed by atoms with van der Waals surface area (Å²) < 4.78 is 0. The van der Waals surface area contributed by atoms with Gasteiger partial charge in [-0.3, -0.25) is 10.1 Å². The molecule has 0 fully saturated rings. The number of allylic oxidation sites excluding steroid dienone is 1. The van der Waals surface area contributed by atoms with Gasteiger partial charge in [0.15, 0.2) is 0 Å². The molecule has 108 valence electrons. The molecule has 0 saturated carbocycles. The summed E-state index contributed by atoms with van der Waals surface area (Å²) in [5.74, 6) is 0. The molecule has 0 heterocycles. The molecule has 0 saturated heterocycles. The van der Waals surface area contributed by atoms with Gasteiger partial charge < -0.3 is 15.5 Å². The van der Waals surface area contributed by atoms with Crippen molar-refractivity contribution in [2.75, 3.05) is 34.2 Å². The van der Waals surface area contributed by atoms with E-state index in [0.29, 0.717) is 0 Å². The van der Waals surface area contributed by atoms with Gasteiger partial charge in [0.1, 0.15) is 0 Å². The molecule has 1 aliphatic carbocycles. The highest BCUT2D eigenvalue weighted by atomic mass is 16.6. The maximum atomic E-state index is 10.9. The standard InChI is InChI=1S/C13H24N4O2/c1-5-15-13(8-9-16(3)4)7-6-11(17(18)19)10-12(13)14-2/h6-7,10,12,14-15H,5,8-9H2,1-4H3. The second kappa shape index (κ2) is 6.79. The second-order valence-electron chi connectivity index (χ2n) is 5.07. The van der Waals surface area contributed by atoms with Crippen molar-refractivity contribution in [3.63, 3.8) is 0 Å². The van der Waals surface area contributed by atoms with Crippen LogP contribution >= 0.6 is 0 Å². The van der Waals surface area contributed by atoms with Gasteiger partial charge in [-0.2, -0.15) is 0 Å². The summed E-state index contributed by atoms with van der Waals surface area (Å²) in [5.41, 5.74) is -0.120. The van der Waals surface area contributed by atoms with Gasteiger partial charge in [0, 0.05) is 12.2 Å². The molecule has 0 radical (unpaired) electrons. The van der Waals surface area contributed by atoms with E-state index in [4.69, 9.17) is 0 Å². The molecule has 19 heavy (non-hydrogen) atoms. The molecule has 6 heteroatoms. The first-order chi connectivity index (χ1) is 8.95. The topological polar surface area (TPSA) is 70.4 Å². The Morgan fingerprint density at radius 2 is 2.21 bits per heavy atom. The van der Waals surface area contributed by atoms with Crippen LogP contribution in [-0.2, 0) is 0 Å². The molecule has 2 unspecified atom stereocenters. The number of nitrogens with one attached hydrogen (secondary N) is 2. The lowest BCUT2D eigenvalue weighted by molar-refractivity contribution is -0.419. The maximum Gasteiger partial charge on any atom is 0.266 e. The van der Waals surface area contributed by atoms with Crippen LogP contribution in [0, 0.1) is 10.1 Å². The van der Waals surface area contributed by atoms with E-state index in [1.165, 1.54) is 0 Å². The van der Waals surface area contributed by atoms with Crippen molar-refractivity contribution in [3.05, 3.63) is 34.0 Å². The van der Waals surface area contributed by atoms with Crippen molar-refractivity contribution in [1.82, 2.24) is 15.5 Å². The largest absolute Gasteiger partial charge is 0.311 e. The van der Waals surface area contributed by atoms with Crippen LogP contribution in [0.4, 0.5) is 0 Å². The third-order valence-electron chi connectivity index (χ3n) is 3.44. The van der Waals surface area contributed by atoms with Crippen molar-refractivity contribution in [3.8, 4) is 0 Å². The zero-order chi connectivity index (χ0) is 14.5. The quantitative estimate of drug-likeness (QED) is 0.523. The monoisotopic (exact) mass is 268 g/mol. The normalized spacial score (nSPS) is 26.6. The molecule has 0 aromatic heterocycles. The minimum atomic E-state index is -0.345. The summed E-state index contributed by atoms with van der Waals surface area (Å²) in [4.78, 5) is 12.7. The molecular weight excluding hydrogens is 244 g/mol. The molecular formula is C13H24N4O2. The minimum absolute atomic E-state index is 0.0854. The van der Waals surface area contributed by atoms with Crippen LogP contribution in [0.5, 0.6) is 0 Å². The van der Waals surface area contributed by atoms with Crippen molar-refractivity contribution in [2.24, 2.45) is 0 Å². The number of nitro groups is 1. The van der Waals surface area contributed by atoms with E-state index in [-0.39, 0.29) is 22.2 Å². The number of hydrogen-bond donors (Lipinski definition) is 2. The molecule has 0 aliphatic heterocycles. The van der Waals surface area contributed by atoms with E-state index < -0.39 is 0 Å². The number of likely N-dealkylation sites (N-methyl/N-ethyl adjacent to an activating group) is 2. The molecule has 0 spiro atoms. The van der Waals surface area contributed by atoms with Gasteiger partial charge in [0.05, 0.1) is 16.5 Å². The Morgan fingerprint density at radius 1 is 1.53 bits per heavy atom.